The molecule has 6 heteroatoms. The lowest BCUT2D eigenvalue weighted by molar-refractivity contribution is -0.140. The fourth-order valence-corrected chi connectivity index (χ4v) is 1.64. The number of carbonyl (C=O) groups is 2. The smallest absolute Gasteiger partial charge is 0.307 e. The van der Waals surface area contributed by atoms with Crippen molar-refractivity contribution < 1.29 is 14.3 Å². The third-order valence-corrected chi connectivity index (χ3v) is 2.82. The standard InChI is InChI=1S/C13H19N3O3/c1-9-11(10(2)16(3)15-9)5-6-12(17)14-8-7-13(18)19-4/h5-6H,7-8H2,1-4H3,(H,14,17). The van der Waals surface area contributed by atoms with Crippen molar-refractivity contribution in [2.45, 2.75) is 20.3 Å². The first-order valence-corrected chi connectivity index (χ1v) is 5.98. The molecular weight excluding hydrogens is 246 g/mol. The van der Waals surface area contributed by atoms with E-state index in [0.29, 0.717) is 0 Å². The summed E-state index contributed by atoms with van der Waals surface area (Å²) in [5, 5.41) is 6.87. The van der Waals surface area contributed by atoms with Gasteiger partial charge in [0.15, 0.2) is 0 Å². The highest BCUT2D eigenvalue weighted by Gasteiger charge is 2.06. The van der Waals surface area contributed by atoms with Gasteiger partial charge in [-0.1, -0.05) is 0 Å². The first kappa shape index (κ1) is 14.9. The molecule has 0 aliphatic carbocycles. The third-order valence-electron chi connectivity index (χ3n) is 2.82. The number of hydrogen-bond acceptors (Lipinski definition) is 4. The molecule has 0 radical (unpaired) electrons. The first-order valence-electron chi connectivity index (χ1n) is 5.98. The number of rotatable bonds is 5. The van der Waals surface area contributed by atoms with Crippen molar-refractivity contribution in [1.82, 2.24) is 15.1 Å². The highest BCUT2D eigenvalue weighted by molar-refractivity contribution is 5.92. The van der Waals surface area contributed by atoms with E-state index < -0.39 is 0 Å². The largest absolute Gasteiger partial charge is 0.469 e. The molecule has 0 aromatic carbocycles. The van der Waals surface area contributed by atoms with Gasteiger partial charge in [-0.2, -0.15) is 5.10 Å². The maximum absolute atomic E-state index is 11.5. The van der Waals surface area contributed by atoms with Crippen LogP contribution in [0.4, 0.5) is 0 Å². The van der Waals surface area contributed by atoms with Crippen molar-refractivity contribution in [3.63, 3.8) is 0 Å². The van der Waals surface area contributed by atoms with E-state index >= 15 is 0 Å². The molecule has 1 amide bonds. The number of hydrogen-bond donors (Lipinski definition) is 1. The maximum Gasteiger partial charge on any atom is 0.307 e. The van der Waals surface area contributed by atoms with E-state index in [1.54, 1.807) is 10.8 Å². The molecular formula is C13H19N3O3. The molecule has 0 bridgehead atoms. The van der Waals surface area contributed by atoms with E-state index in [9.17, 15) is 9.59 Å². The van der Waals surface area contributed by atoms with Crippen LogP contribution in [0.2, 0.25) is 0 Å². The molecule has 1 rings (SSSR count). The van der Waals surface area contributed by atoms with Crippen LogP contribution in [0, 0.1) is 13.8 Å². The van der Waals surface area contributed by atoms with Crippen LogP contribution >= 0.6 is 0 Å². The van der Waals surface area contributed by atoms with Crippen LogP contribution in [0.15, 0.2) is 6.08 Å². The number of aryl methyl sites for hydroxylation is 2. The highest BCUT2D eigenvalue weighted by atomic mass is 16.5. The van der Waals surface area contributed by atoms with Crippen LogP contribution in [0.3, 0.4) is 0 Å². The molecule has 1 N–H and O–H groups in total. The van der Waals surface area contributed by atoms with Gasteiger partial charge < -0.3 is 10.1 Å². The van der Waals surface area contributed by atoms with Gasteiger partial charge in [-0.05, 0) is 19.9 Å². The van der Waals surface area contributed by atoms with Crippen LogP contribution in [0.5, 0.6) is 0 Å². The predicted octanol–water partition coefficient (Wildman–Crippen LogP) is 0.729. The monoisotopic (exact) mass is 265 g/mol. The Kier molecular flexibility index (Phi) is 5.29. The van der Waals surface area contributed by atoms with Gasteiger partial charge in [0, 0.05) is 30.9 Å². The lowest BCUT2D eigenvalue weighted by Gasteiger charge is -2.00. The minimum absolute atomic E-state index is 0.168. The number of nitrogens with one attached hydrogen (secondary N) is 1. The van der Waals surface area contributed by atoms with Crippen LogP contribution in [-0.2, 0) is 21.4 Å². The Morgan fingerprint density at radius 3 is 2.63 bits per heavy atom. The summed E-state index contributed by atoms with van der Waals surface area (Å²) in [6, 6.07) is 0. The number of aromatic nitrogens is 2. The summed E-state index contributed by atoms with van der Waals surface area (Å²) >= 11 is 0. The van der Waals surface area contributed by atoms with E-state index in [-0.39, 0.29) is 24.8 Å². The summed E-state index contributed by atoms with van der Waals surface area (Å²) in [6.45, 7) is 4.09. The average molecular weight is 265 g/mol. The van der Waals surface area contributed by atoms with Crippen molar-refractivity contribution in [3.8, 4) is 0 Å². The summed E-state index contributed by atoms with van der Waals surface area (Å²) in [6.07, 6.45) is 3.33. The Morgan fingerprint density at radius 1 is 1.42 bits per heavy atom. The molecule has 6 nitrogen and oxygen atoms in total. The second kappa shape index (κ2) is 6.72. The zero-order valence-corrected chi connectivity index (χ0v) is 11.7. The predicted molar refractivity (Wildman–Crippen MR) is 71.4 cm³/mol. The number of nitrogens with zero attached hydrogens (tertiary/aromatic N) is 2. The quantitative estimate of drug-likeness (QED) is 0.629. The Bertz CT molecular complexity index is 503. The fraction of sp³-hybridized carbons (Fsp3) is 0.462. The fourth-order valence-electron chi connectivity index (χ4n) is 1.64. The third kappa shape index (κ3) is 4.24. The van der Waals surface area contributed by atoms with Crippen molar-refractivity contribution in [3.05, 3.63) is 23.0 Å². The number of carbonyl (C=O) groups excluding carboxylic acids is 2. The molecule has 0 atom stereocenters. The van der Waals surface area contributed by atoms with Crippen molar-refractivity contribution >= 4 is 18.0 Å². The Morgan fingerprint density at radius 2 is 2.11 bits per heavy atom. The second-order valence-corrected chi connectivity index (χ2v) is 4.16. The summed E-state index contributed by atoms with van der Waals surface area (Å²) in [4.78, 5) is 22.4. The van der Waals surface area contributed by atoms with Crippen molar-refractivity contribution in [2.24, 2.45) is 7.05 Å². The topological polar surface area (TPSA) is 73.2 Å². The molecule has 19 heavy (non-hydrogen) atoms. The maximum atomic E-state index is 11.5. The van der Waals surface area contributed by atoms with Gasteiger partial charge in [-0.15, -0.1) is 0 Å². The summed E-state index contributed by atoms with van der Waals surface area (Å²) < 4.78 is 6.24. The molecule has 0 saturated carbocycles. The van der Waals surface area contributed by atoms with E-state index in [1.807, 2.05) is 20.9 Å². The minimum atomic E-state index is -0.344. The average Bonchev–Trinajstić information content (AvgIpc) is 2.61. The van der Waals surface area contributed by atoms with Crippen molar-refractivity contribution in [2.75, 3.05) is 13.7 Å². The van der Waals surface area contributed by atoms with Crippen LogP contribution in [0.25, 0.3) is 6.08 Å². The number of esters is 1. The molecule has 0 spiro atoms. The van der Waals surface area contributed by atoms with Crippen LogP contribution in [-0.4, -0.2) is 35.3 Å². The molecule has 1 heterocycles. The lowest BCUT2D eigenvalue weighted by Crippen LogP contribution is -2.24. The zero-order chi connectivity index (χ0) is 14.4. The number of methoxy groups -OCH3 is 1. The van der Waals surface area contributed by atoms with Gasteiger partial charge in [0.05, 0.1) is 19.2 Å². The Balaban J connectivity index is 2.52. The van der Waals surface area contributed by atoms with Gasteiger partial charge in [-0.25, -0.2) is 0 Å². The molecule has 0 unspecified atom stereocenters. The second-order valence-electron chi connectivity index (χ2n) is 4.16. The number of amides is 1. The van der Waals surface area contributed by atoms with Gasteiger partial charge in [0.2, 0.25) is 5.91 Å². The molecule has 1 aromatic heterocycles. The molecule has 1 aromatic rings. The van der Waals surface area contributed by atoms with Crippen LogP contribution in [0.1, 0.15) is 23.4 Å². The van der Waals surface area contributed by atoms with Crippen LogP contribution < -0.4 is 5.32 Å². The minimum Gasteiger partial charge on any atom is -0.469 e. The number of ether oxygens (including phenoxy) is 1. The lowest BCUT2D eigenvalue weighted by atomic mass is 10.2. The first-order chi connectivity index (χ1) is 8.95. The van der Waals surface area contributed by atoms with E-state index in [1.165, 1.54) is 13.2 Å². The van der Waals surface area contributed by atoms with E-state index in [0.717, 1.165) is 17.0 Å². The van der Waals surface area contributed by atoms with Crippen molar-refractivity contribution in [1.29, 1.82) is 0 Å². The Labute approximate surface area is 112 Å². The van der Waals surface area contributed by atoms with Gasteiger partial charge >= 0.3 is 5.97 Å². The molecule has 0 aliphatic rings. The molecule has 0 aliphatic heterocycles. The van der Waals surface area contributed by atoms with Gasteiger partial charge in [-0.3, -0.25) is 14.3 Å². The Hall–Kier alpha value is -2.11. The molecule has 0 saturated heterocycles. The highest BCUT2D eigenvalue weighted by Crippen LogP contribution is 2.13. The molecule has 0 fully saturated rings. The summed E-state index contributed by atoms with van der Waals surface area (Å²) in [5.74, 6) is -0.588. The molecule has 104 valence electrons. The normalized spacial score (nSPS) is 10.7. The van der Waals surface area contributed by atoms with Gasteiger partial charge in [0.1, 0.15) is 0 Å². The van der Waals surface area contributed by atoms with E-state index in [2.05, 4.69) is 15.2 Å². The summed E-state index contributed by atoms with van der Waals surface area (Å²) in [5.41, 5.74) is 2.81. The summed E-state index contributed by atoms with van der Waals surface area (Å²) in [7, 11) is 3.17. The van der Waals surface area contributed by atoms with E-state index in [4.69, 9.17) is 0 Å². The SMILES string of the molecule is COC(=O)CCNC(=O)C=Cc1c(C)nn(C)c1C. The zero-order valence-electron chi connectivity index (χ0n) is 11.7. The van der Waals surface area contributed by atoms with Gasteiger partial charge in [0.25, 0.3) is 0 Å².